The Morgan fingerprint density at radius 2 is 1.79 bits per heavy atom. The average molecular weight is 397 g/mol. The number of alkyl halides is 3. The molecule has 1 aromatic rings. The van der Waals surface area contributed by atoms with Crippen LogP contribution in [-0.4, -0.2) is 29.5 Å². The molecule has 0 unspecified atom stereocenters. The van der Waals surface area contributed by atoms with Crippen LogP contribution < -0.4 is 10.2 Å². The Labute approximate surface area is 164 Å². The van der Waals surface area contributed by atoms with Gasteiger partial charge in [0.15, 0.2) is 0 Å². The summed E-state index contributed by atoms with van der Waals surface area (Å²) in [6, 6.07) is 2.73. The quantitative estimate of drug-likeness (QED) is 0.783. The fourth-order valence-corrected chi connectivity index (χ4v) is 4.48. The molecular weight excluding hydrogens is 367 g/mol. The van der Waals surface area contributed by atoms with E-state index in [2.05, 4.69) is 24.1 Å². The predicted molar refractivity (Wildman–Crippen MR) is 103 cm³/mol. The molecule has 2 fully saturated rings. The molecule has 0 aromatic carbocycles. The van der Waals surface area contributed by atoms with Crippen LogP contribution in [0.3, 0.4) is 0 Å². The lowest BCUT2D eigenvalue weighted by Crippen LogP contribution is -2.49. The van der Waals surface area contributed by atoms with Crippen LogP contribution in [-0.2, 0) is 11.0 Å². The van der Waals surface area contributed by atoms with Crippen LogP contribution in [0.15, 0.2) is 18.3 Å². The van der Waals surface area contributed by atoms with Gasteiger partial charge in [-0.2, -0.15) is 13.2 Å². The number of rotatable bonds is 4. The second-order valence-electron chi connectivity index (χ2n) is 9.04. The van der Waals surface area contributed by atoms with Crippen molar-refractivity contribution in [3.8, 4) is 0 Å². The van der Waals surface area contributed by atoms with Crippen molar-refractivity contribution in [3.63, 3.8) is 0 Å². The Hall–Kier alpha value is -1.79. The highest BCUT2D eigenvalue weighted by Gasteiger charge is 2.36. The van der Waals surface area contributed by atoms with Crippen LogP contribution in [0.1, 0.15) is 70.9 Å². The molecule has 0 bridgehead atoms. The first kappa shape index (κ1) is 20.9. The number of amides is 1. The number of pyridine rings is 1. The summed E-state index contributed by atoms with van der Waals surface area (Å²) in [5, 5.41) is 3.25. The molecule has 1 aliphatic heterocycles. The van der Waals surface area contributed by atoms with Crippen molar-refractivity contribution in [1.82, 2.24) is 10.3 Å². The molecule has 0 atom stereocenters. The molecule has 4 nitrogen and oxygen atoms in total. The van der Waals surface area contributed by atoms with E-state index in [0.29, 0.717) is 25.2 Å². The highest BCUT2D eigenvalue weighted by Crippen LogP contribution is 2.38. The van der Waals surface area contributed by atoms with Crippen LogP contribution >= 0.6 is 0 Å². The lowest BCUT2D eigenvalue weighted by Gasteiger charge is -2.41. The van der Waals surface area contributed by atoms with E-state index in [1.807, 2.05) is 4.90 Å². The Bertz CT molecular complexity index is 690. The lowest BCUT2D eigenvalue weighted by molar-refractivity contribution is -0.141. The Morgan fingerprint density at radius 3 is 2.39 bits per heavy atom. The summed E-state index contributed by atoms with van der Waals surface area (Å²) >= 11 is 0. The molecular formula is C21H30F3N3O. The van der Waals surface area contributed by atoms with E-state index in [4.69, 9.17) is 0 Å². The van der Waals surface area contributed by atoms with Crippen LogP contribution in [0.2, 0.25) is 0 Å². The van der Waals surface area contributed by atoms with Gasteiger partial charge >= 0.3 is 6.18 Å². The van der Waals surface area contributed by atoms with E-state index in [0.717, 1.165) is 44.6 Å². The fourth-order valence-electron chi connectivity index (χ4n) is 4.48. The molecule has 7 heteroatoms. The Morgan fingerprint density at radius 1 is 1.14 bits per heavy atom. The molecule has 2 heterocycles. The monoisotopic (exact) mass is 397 g/mol. The van der Waals surface area contributed by atoms with Crippen molar-refractivity contribution in [2.45, 2.75) is 76.9 Å². The molecule has 3 rings (SSSR count). The van der Waals surface area contributed by atoms with Crippen molar-refractivity contribution >= 4 is 11.6 Å². The predicted octanol–water partition coefficient (Wildman–Crippen LogP) is 4.94. The molecule has 0 spiro atoms. The Kier molecular flexibility index (Phi) is 5.92. The lowest BCUT2D eigenvalue weighted by atomic mass is 9.76. The fraction of sp³-hybridized carbons (Fsp3) is 0.714. The summed E-state index contributed by atoms with van der Waals surface area (Å²) < 4.78 is 38.7. The molecule has 1 aliphatic carbocycles. The van der Waals surface area contributed by atoms with Crippen molar-refractivity contribution in [3.05, 3.63) is 24.0 Å². The van der Waals surface area contributed by atoms with Gasteiger partial charge in [0.1, 0.15) is 5.69 Å². The first-order chi connectivity index (χ1) is 13.1. The van der Waals surface area contributed by atoms with Crippen molar-refractivity contribution < 1.29 is 18.0 Å². The van der Waals surface area contributed by atoms with Crippen molar-refractivity contribution in [2.75, 3.05) is 18.0 Å². The SMILES string of the molecule is CC1(CC(=O)NC2(C)CCCCC2)CCN(c2ccnc(C(F)(F)F)c2)CC1. The van der Waals surface area contributed by atoms with Crippen LogP contribution in [0.4, 0.5) is 18.9 Å². The number of aromatic nitrogens is 1. The van der Waals surface area contributed by atoms with Crippen LogP contribution in [0.5, 0.6) is 0 Å². The van der Waals surface area contributed by atoms with Crippen molar-refractivity contribution in [2.24, 2.45) is 5.41 Å². The van der Waals surface area contributed by atoms with Gasteiger partial charge in [-0.3, -0.25) is 9.78 Å². The topological polar surface area (TPSA) is 45.2 Å². The minimum Gasteiger partial charge on any atom is -0.371 e. The summed E-state index contributed by atoms with van der Waals surface area (Å²) in [6.45, 7) is 5.53. The highest BCUT2D eigenvalue weighted by molar-refractivity contribution is 5.77. The number of hydrogen-bond acceptors (Lipinski definition) is 3. The molecule has 1 amide bonds. The minimum atomic E-state index is -4.44. The largest absolute Gasteiger partial charge is 0.433 e. The first-order valence-corrected chi connectivity index (χ1v) is 10.2. The first-order valence-electron chi connectivity index (χ1n) is 10.2. The summed E-state index contributed by atoms with van der Waals surface area (Å²) in [7, 11) is 0. The summed E-state index contributed by atoms with van der Waals surface area (Å²) in [4.78, 5) is 18.0. The smallest absolute Gasteiger partial charge is 0.371 e. The standard InChI is InChI=1S/C21H30F3N3O/c1-19(15-18(28)26-20(2)7-4-3-5-8-20)9-12-27(13-10-19)16-6-11-25-17(14-16)21(22,23)24/h6,11,14H,3-5,7-10,12-13,15H2,1-2H3,(H,26,28). The van der Waals surface area contributed by atoms with Gasteiger partial charge in [-0.1, -0.05) is 26.2 Å². The van der Waals surface area contributed by atoms with E-state index >= 15 is 0 Å². The number of nitrogens with zero attached hydrogens (tertiary/aromatic N) is 2. The number of hydrogen-bond donors (Lipinski definition) is 1. The second kappa shape index (κ2) is 7.91. The van der Waals surface area contributed by atoms with E-state index in [9.17, 15) is 18.0 Å². The van der Waals surface area contributed by atoms with Gasteiger partial charge in [-0.15, -0.1) is 0 Å². The number of nitrogens with one attached hydrogen (secondary N) is 1. The maximum Gasteiger partial charge on any atom is 0.433 e. The number of halogens is 3. The van der Waals surface area contributed by atoms with E-state index in [-0.39, 0.29) is 16.9 Å². The van der Waals surface area contributed by atoms with E-state index in [1.165, 1.54) is 12.6 Å². The number of carbonyl (C=O) groups excluding carboxylic acids is 1. The third-order valence-electron chi connectivity index (χ3n) is 6.36. The third-order valence-corrected chi connectivity index (χ3v) is 6.36. The summed E-state index contributed by atoms with van der Waals surface area (Å²) in [5.41, 5.74) is -0.523. The van der Waals surface area contributed by atoms with E-state index < -0.39 is 11.9 Å². The average Bonchev–Trinajstić information content (AvgIpc) is 2.61. The van der Waals surface area contributed by atoms with Crippen molar-refractivity contribution in [1.29, 1.82) is 0 Å². The molecule has 1 N–H and O–H groups in total. The van der Waals surface area contributed by atoms with Gasteiger partial charge < -0.3 is 10.2 Å². The summed E-state index contributed by atoms with van der Waals surface area (Å²) in [5.74, 6) is 0.101. The van der Waals surface area contributed by atoms with Gasteiger partial charge in [0, 0.05) is 36.9 Å². The maximum atomic E-state index is 12.9. The molecule has 2 aliphatic rings. The molecule has 0 radical (unpaired) electrons. The normalized spacial score (nSPS) is 22.0. The third kappa shape index (κ3) is 5.17. The number of anilines is 1. The van der Waals surface area contributed by atoms with Gasteiger partial charge in [-0.05, 0) is 50.2 Å². The van der Waals surface area contributed by atoms with Gasteiger partial charge in [0.25, 0.3) is 0 Å². The van der Waals surface area contributed by atoms with Gasteiger partial charge in [-0.25, -0.2) is 0 Å². The number of piperidine rings is 1. The van der Waals surface area contributed by atoms with Gasteiger partial charge in [0.05, 0.1) is 0 Å². The second-order valence-corrected chi connectivity index (χ2v) is 9.04. The van der Waals surface area contributed by atoms with E-state index in [1.54, 1.807) is 6.07 Å². The summed E-state index contributed by atoms with van der Waals surface area (Å²) in [6.07, 6.45) is 4.44. The highest BCUT2D eigenvalue weighted by atomic mass is 19.4. The van der Waals surface area contributed by atoms with Crippen LogP contribution in [0.25, 0.3) is 0 Å². The van der Waals surface area contributed by atoms with Gasteiger partial charge in [0.2, 0.25) is 5.91 Å². The zero-order chi connectivity index (χ0) is 20.4. The number of carbonyl (C=O) groups is 1. The van der Waals surface area contributed by atoms with Crippen LogP contribution in [0, 0.1) is 5.41 Å². The zero-order valence-corrected chi connectivity index (χ0v) is 16.7. The maximum absolute atomic E-state index is 12.9. The molecule has 1 saturated heterocycles. The molecule has 156 valence electrons. The minimum absolute atomic E-state index is 0.0859. The Balaban J connectivity index is 1.56. The molecule has 1 aromatic heterocycles. The zero-order valence-electron chi connectivity index (χ0n) is 16.7. The molecule has 1 saturated carbocycles. The molecule has 28 heavy (non-hydrogen) atoms.